The molecule has 2 aromatic carbocycles. The van der Waals surface area contributed by atoms with Gasteiger partial charge in [-0.05, 0) is 5.56 Å². The fraction of sp³-hybridized carbons (Fsp3) is 0.235. The summed E-state index contributed by atoms with van der Waals surface area (Å²) in [6.07, 6.45) is 0.135. The van der Waals surface area contributed by atoms with Crippen molar-refractivity contribution in [1.29, 1.82) is 0 Å². The topological polar surface area (TPSA) is 60.2 Å². The number of carbonyl (C=O) groups excluding carboxylic acids is 1. The molecule has 0 amide bonds. The van der Waals surface area contributed by atoms with Gasteiger partial charge in [0.05, 0.1) is 5.92 Å². The second-order valence-electron chi connectivity index (χ2n) is 5.04. The van der Waals surface area contributed by atoms with Crippen molar-refractivity contribution < 1.29 is 9.72 Å². The first-order valence-electron chi connectivity index (χ1n) is 6.86. The Morgan fingerprint density at radius 2 is 1.57 bits per heavy atom. The van der Waals surface area contributed by atoms with Crippen LogP contribution in [-0.4, -0.2) is 16.7 Å². The number of nitro groups is 1. The van der Waals surface area contributed by atoms with Crippen LogP contribution < -0.4 is 0 Å². The van der Waals surface area contributed by atoms with E-state index in [4.69, 9.17) is 0 Å². The van der Waals surface area contributed by atoms with Crippen molar-refractivity contribution in [2.75, 3.05) is 0 Å². The summed E-state index contributed by atoms with van der Waals surface area (Å²) in [4.78, 5) is 23.1. The average molecular weight is 283 g/mol. The molecule has 0 aliphatic heterocycles. The number of ketones is 1. The van der Waals surface area contributed by atoms with Crippen LogP contribution in [0.2, 0.25) is 0 Å². The summed E-state index contributed by atoms with van der Waals surface area (Å²) in [5.74, 6) is -0.493. The summed E-state index contributed by atoms with van der Waals surface area (Å²) in [6.45, 7) is 1.55. The lowest BCUT2D eigenvalue weighted by Gasteiger charge is -2.18. The van der Waals surface area contributed by atoms with Crippen molar-refractivity contribution in [3.8, 4) is 0 Å². The Hall–Kier alpha value is -2.49. The zero-order chi connectivity index (χ0) is 15.2. The molecule has 0 N–H and O–H groups in total. The summed E-state index contributed by atoms with van der Waals surface area (Å²) in [5.41, 5.74) is 1.42. The standard InChI is InChI=1S/C17H17NO3/c1-13(18(20)21)16(14-8-4-2-5-9-14)12-17(19)15-10-6-3-7-11-15/h2-11,13,16H,12H2,1H3/t13-,16-/m0/s1. The minimum absolute atomic E-state index is 0.0712. The lowest BCUT2D eigenvalue weighted by atomic mass is 9.86. The predicted octanol–water partition coefficient (Wildman–Crippen LogP) is 3.71. The molecular weight excluding hydrogens is 266 g/mol. The average Bonchev–Trinajstić information content (AvgIpc) is 2.53. The van der Waals surface area contributed by atoms with Crippen molar-refractivity contribution in [3.05, 3.63) is 81.9 Å². The Kier molecular flexibility index (Phi) is 4.82. The number of nitrogens with zero attached hydrogens (tertiary/aromatic N) is 1. The van der Waals surface area contributed by atoms with Gasteiger partial charge in [-0.3, -0.25) is 14.9 Å². The lowest BCUT2D eigenvalue weighted by molar-refractivity contribution is -0.522. The molecule has 0 radical (unpaired) electrons. The Balaban J connectivity index is 2.25. The van der Waals surface area contributed by atoms with E-state index in [1.807, 2.05) is 36.4 Å². The van der Waals surface area contributed by atoms with E-state index in [0.717, 1.165) is 5.56 Å². The highest BCUT2D eigenvalue weighted by Crippen LogP contribution is 2.26. The van der Waals surface area contributed by atoms with Crippen molar-refractivity contribution in [2.24, 2.45) is 0 Å². The smallest absolute Gasteiger partial charge is 0.217 e. The fourth-order valence-corrected chi connectivity index (χ4v) is 2.36. The van der Waals surface area contributed by atoms with Gasteiger partial charge < -0.3 is 0 Å². The molecule has 2 rings (SSSR count). The molecule has 0 saturated heterocycles. The molecule has 2 atom stereocenters. The normalized spacial score (nSPS) is 13.4. The quantitative estimate of drug-likeness (QED) is 0.461. The van der Waals surface area contributed by atoms with Crippen LogP contribution in [0.15, 0.2) is 60.7 Å². The Morgan fingerprint density at radius 1 is 1.05 bits per heavy atom. The maximum absolute atomic E-state index is 12.3. The maximum Gasteiger partial charge on any atom is 0.217 e. The Morgan fingerprint density at radius 3 is 2.10 bits per heavy atom. The van der Waals surface area contributed by atoms with Gasteiger partial charge in [0.25, 0.3) is 0 Å². The molecule has 0 heterocycles. The van der Waals surface area contributed by atoms with Crippen molar-refractivity contribution >= 4 is 5.78 Å². The van der Waals surface area contributed by atoms with Crippen LogP contribution in [-0.2, 0) is 0 Å². The van der Waals surface area contributed by atoms with E-state index in [-0.39, 0.29) is 17.1 Å². The largest absolute Gasteiger partial charge is 0.294 e. The van der Waals surface area contributed by atoms with Crippen molar-refractivity contribution in [2.45, 2.75) is 25.3 Å². The maximum atomic E-state index is 12.3. The number of benzene rings is 2. The predicted molar refractivity (Wildman–Crippen MR) is 81.0 cm³/mol. The Bertz CT molecular complexity index is 610. The van der Waals surface area contributed by atoms with Gasteiger partial charge in [0.1, 0.15) is 0 Å². The highest BCUT2D eigenvalue weighted by Gasteiger charge is 2.30. The first-order chi connectivity index (χ1) is 10.1. The third kappa shape index (κ3) is 3.75. The monoisotopic (exact) mass is 283 g/mol. The van der Waals surface area contributed by atoms with Crippen LogP contribution in [0.4, 0.5) is 0 Å². The van der Waals surface area contributed by atoms with E-state index in [1.165, 1.54) is 0 Å². The van der Waals surface area contributed by atoms with Gasteiger partial charge in [-0.25, -0.2) is 0 Å². The molecule has 0 aromatic heterocycles. The van der Waals surface area contributed by atoms with Gasteiger partial charge in [-0.1, -0.05) is 60.7 Å². The van der Waals surface area contributed by atoms with Crippen LogP contribution >= 0.6 is 0 Å². The van der Waals surface area contributed by atoms with Crippen LogP contribution in [0.25, 0.3) is 0 Å². The number of carbonyl (C=O) groups is 1. The molecule has 108 valence electrons. The van der Waals surface area contributed by atoms with Gasteiger partial charge in [-0.2, -0.15) is 0 Å². The molecule has 0 aliphatic carbocycles. The van der Waals surface area contributed by atoms with Gasteiger partial charge >= 0.3 is 0 Å². The van der Waals surface area contributed by atoms with Crippen LogP contribution in [0.1, 0.15) is 35.2 Å². The second kappa shape index (κ2) is 6.79. The van der Waals surface area contributed by atoms with E-state index < -0.39 is 12.0 Å². The molecule has 0 unspecified atom stereocenters. The van der Waals surface area contributed by atoms with Gasteiger partial charge in [0.2, 0.25) is 6.04 Å². The zero-order valence-corrected chi connectivity index (χ0v) is 11.8. The fourth-order valence-electron chi connectivity index (χ4n) is 2.36. The third-order valence-corrected chi connectivity index (χ3v) is 3.64. The zero-order valence-electron chi connectivity index (χ0n) is 11.8. The van der Waals surface area contributed by atoms with E-state index in [2.05, 4.69) is 0 Å². The molecule has 0 saturated carbocycles. The van der Waals surface area contributed by atoms with Crippen LogP contribution in [0, 0.1) is 10.1 Å². The minimum Gasteiger partial charge on any atom is -0.294 e. The summed E-state index contributed by atoms with van der Waals surface area (Å²) >= 11 is 0. The summed E-state index contributed by atoms with van der Waals surface area (Å²) < 4.78 is 0. The molecule has 0 bridgehead atoms. The molecule has 0 spiro atoms. The third-order valence-electron chi connectivity index (χ3n) is 3.64. The second-order valence-corrected chi connectivity index (χ2v) is 5.04. The highest BCUT2D eigenvalue weighted by molar-refractivity contribution is 5.96. The molecule has 4 heteroatoms. The molecule has 0 fully saturated rings. The lowest BCUT2D eigenvalue weighted by Crippen LogP contribution is -2.26. The van der Waals surface area contributed by atoms with Crippen molar-refractivity contribution in [1.82, 2.24) is 0 Å². The highest BCUT2D eigenvalue weighted by atomic mass is 16.6. The van der Waals surface area contributed by atoms with Crippen LogP contribution in [0.5, 0.6) is 0 Å². The number of hydrogen-bond acceptors (Lipinski definition) is 3. The van der Waals surface area contributed by atoms with E-state index in [1.54, 1.807) is 31.2 Å². The van der Waals surface area contributed by atoms with Gasteiger partial charge in [-0.15, -0.1) is 0 Å². The Labute approximate surface area is 123 Å². The van der Waals surface area contributed by atoms with E-state index in [9.17, 15) is 14.9 Å². The summed E-state index contributed by atoms with van der Waals surface area (Å²) in [6, 6.07) is 17.3. The van der Waals surface area contributed by atoms with Gasteiger partial charge in [0, 0.05) is 23.8 Å². The van der Waals surface area contributed by atoms with Gasteiger partial charge in [0.15, 0.2) is 5.78 Å². The molecule has 21 heavy (non-hydrogen) atoms. The first kappa shape index (κ1) is 14.9. The van der Waals surface area contributed by atoms with Crippen LogP contribution in [0.3, 0.4) is 0 Å². The molecule has 2 aromatic rings. The summed E-state index contributed by atoms with van der Waals surface area (Å²) in [7, 11) is 0. The SMILES string of the molecule is C[C@@H]([C@H](CC(=O)c1ccccc1)c1ccccc1)[N+](=O)[O-]. The van der Waals surface area contributed by atoms with Crippen molar-refractivity contribution in [3.63, 3.8) is 0 Å². The first-order valence-corrected chi connectivity index (χ1v) is 6.86. The number of Topliss-reactive ketones (excluding diaryl/α,β-unsaturated/α-hetero) is 1. The number of hydrogen-bond donors (Lipinski definition) is 0. The number of rotatable bonds is 6. The summed E-state index contributed by atoms with van der Waals surface area (Å²) in [5, 5.41) is 11.1. The van der Waals surface area contributed by atoms with E-state index in [0.29, 0.717) is 5.56 Å². The van der Waals surface area contributed by atoms with E-state index >= 15 is 0 Å². The molecule has 0 aliphatic rings. The minimum atomic E-state index is -0.805. The molecular formula is C17H17NO3. The molecule has 4 nitrogen and oxygen atoms in total.